The van der Waals surface area contributed by atoms with Crippen LogP contribution in [0.3, 0.4) is 0 Å². The van der Waals surface area contributed by atoms with E-state index in [1.807, 2.05) is 19.1 Å². The molecule has 1 atom stereocenters. The minimum absolute atomic E-state index is 0.286. The highest BCUT2D eigenvalue weighted by Gasteiger charge is 2.11. The average molecular weight is 225 g/mol. The highest BCUT2D eigenvalue weighted by Crippen LogP contribution is 2.19. The molecule has 0 amide bonds. The monoisotopic (exact) mass is 224 g/mol. The maximum atomic E-state index is 11.2. The number of hydrogen-bond donors (Lipinski definition) is 0. The third-order valence-corrected chi connectivity index (χ3v) is 2.22. The van der Waals surface area contributed by atoms with E-state index < -0.39 is 0 Å². The molecule has 0 bridgehead atoms. The summed E-state index contributed by atoms with van der Waals surface area (Å²) >= 11 is 5.75. The fourth-order valence-corrected chi connectivity index (χ4v) is 1.19. The number of benzene rings is 1. The average Bonchev–Trinajstić information content (AvgIpc) is 2.18. The van der Waals surface area contributed by atoms with Crippen LogP contribution < -0.4 is 0 Å². The van der Waals surface area contributed by atoms with Gasteiger partial charge in [-0.25, -0.2) is 4.79 Å². The standard InChI is InChI=1S/C12H13ClO2/c1-8(2)12(14)15-9(3)10-4-6-11(13)7-5-10/h4-7,9H,1H2,2-3H3/t9-/m0/s1. The van der Waals surface area contributed by atoms with Gasteiger partial charge in [0.2, 0.25) is 0 Å². The molecular weight excluding hydrogens is 212 g/mol. The molecule has 0 aromatic heterocycles. The van der Waals surface area contributed by atoms with Gasteiger partial charge in [0.05, 0.1) is 0 Å². The lowest BCUT2D eigenvalue weighted by Crippen LogP contribution is -2.08. The number of esters is 1. The van der Waals surface area contributed by atoms with Crippen LogP contribution >= 0.6 is 11.6 Å². The zero-order valence-electron chi connectivity index (χ0n) is 8.79. The summed E-state index contributed by atoms with van der Waals surface area (Å²) in [6.07, 6.45) is -0.286. The fraction of sp³-hybridized carbons (Fsp3) is 0.250. The molecule has 0 spiro atoms. The van der Waals surface area contributed by atoms with Crippen molar-refractivity contribution in [2.75, 3.05) is 0 Å². The molecule has 0 saturated carbocycles. The first-order valence-electron chi connectivity index (χ1n) is 4.62. The van der Waals surface area contributed by atoms with Crippen LogP contribution in [-0.4, -0.2) is 5.97 Å². The van der Waals surface area contributed by atoms with Gasteiger partial charge in [-0.3, -0.25) is 0 Å². The molecule has 0 N–H and O–H groups in total. The van der Waals surface area contributed by atoms with Gasteiger partial charge >= 0.3 is 5.97 Å². The van der Waals surface area contributed by atoms with Gasteiger partial charge in [-0.05, 0) is 31.5 Å². The zero-order chi connectivity index (χ0) is 11.4. The Morgan fingerprint density at radius 3 is 2.40 bits per heavy atom. The van der Waals surface area contributed by atoms with E-state index in [4.69, 9.17) is 16.3 Å². The molecule has 80 valence electrons. The van der Waals surface area contributed by atoms with Gasteiger partial charge in [-0.1, -0.05) is 30.3 Å². The van der Waals surface area contributed by atoms with E-state index in [1.54, 1.807) is 19.1 Å². The van der Waals surface area contributed by atoms with Crippen molar-refractivity contribution in [3.05, 3.63) is 47.0 Å². The first kappa shape index (κ1) is 11.8. The van der Waals surface area contributed by atoms with Crippen LogP contribution in [-0.2, 0) is 9.53 Å². The summed E-state index contributed by atoms with van der Waals surface area (Å²) in [5.74, 6) is -0.377. The van der Waals surface area contributed by atoms with Gasteiger partial charge in [0.25, 0.3) is 0 Å². The summed E-state index contributed by atoms with van der Waals surface area (Å²) in [7, 11) is 0. The molecule has 0 radical (unpaired) electrons. The van der Waals surface area contributed by atoms with Crippen molar-refractivity contribution in [3.63, 3.8) is 0 Å². The van der Waals surface area contributed by atoms with E-state index in [0.717, 1.165) is 5.56 Å². The smallest absolute Gasteiger partial charge is 0.333 e. The normalized spacial score (nSPS) is 11.9. The maximum absolute atomic E-state index is 11.2. The Morgan fingerprint density at radius 1 is 1.40 bits per heavy atom. The Hall–Kier alpha value is -1.28. The fourth-order valence-electron chi connectivity index (χ4n) is 1.06. The molecule has 0 unspecified atom stereocenters. The summed E-state index contributed by atoms with van der Waals surface area (Å²) < 4.78 is 5.16. The Bertz CT molecular complexity index is 368. The summed E-state index contributed by atoms with van der Waals surface area (Å²) in [5, 5.41) is 0.664. The number of ether oxygens (including phenoxy) is 1. The Balaban J connectivity index is 2.69. The Morgan fingerprint density at radius 2 is 1.93 bits per heavy atom. The summed E-state index contributed by atoms with van der Waals surface area (Å²) in [5.41, 5.74) is 1.31. The molecule has 0 aliphatic heterocycles. The van der Waals surface area contributed by atoms with Gasteiger partial charge in [0.1, 0.15) is 6.10 Å². The van der Waals surface area contributed by atoms with Crippen LogP contribution in [0.2, 0.25) is 5.02 Å². The minimum Gasteiger partial charge on any atom is -0.454 e. The van der Waals surface area contributed by atoms with Crippen LogP contribution in [0.25, 0.3) is 0 Å². The number of hydrogen-bond acceptors (Lipinski definition) is 2. The van der Waals surface area contributed by atoms with E-state index in [1.165, 1.54) is 0 Å². The number of halogens is 1. The topological polar surface area (TPSA) is 26.3 Å². The van der Waals surface area contributed by atoms with Crippen molar-refractivity contribution in [1.82, 2.24) is 0 Å². The van der Waals surface area contributed by atoms with E-state index in [9.17, 15) is 4.79 Å². The molecule has 2 nitrogen and oxygen atoms in total. The number of carbonyl (C=O) groups is 1. The third kappa shape index (κ3) is 3.40. The maximum Gasteiger partial charge on any atom is 0.333 e. The predicted octanol–water partition coefficient (Wildman–Crippen LogP) is 3.52. The molecule has 0 saturated heterocycles. The van der Waals surface area contributed by atoms with Crippen LogP contribution in [0, 0.1) is 0 Å². The summed E-state index contributed by atoms with van der Waals surface area (Å²) in [4.78, 5) is 11.2. The van der Waals surface area contributed by atoms with Gasteiger partial charge in [-0.15, -0.1) is 0 Å². The molecule has 1 rings (SSSR count). The van der Waals surface area contributed by atoms with E-state index in [2.05, 4.69) is 6.58 Å². The van der Waals surface area contributed by atoms with Crippen LogP contribution in [0.15, 0.2) is 36.4 Å². The molecule has 0 aliphatic rings. The van der Waals surface area contributed by atoms with E-state index >= 15 is 0 Å². The van der Waals surface area contributed by atoms with Crippen LogP contribution in [0.5, 0.6) is 0 Å². The molecule has 0 fully saturated rings. The van der Waals surface area contributed by atoms with Crippen molar-refractivity contribution in [2.45, 2.75) is 20.0 Å². The number of rotatable bonds is 3. The third-order valence-electron chi connectivity index (χ3n) is 1.97. The van der Waals surface area contributed by atoms with Gasteiger partial charge in [-0.2, -0.15) is 0 Å². The van der Waals surface area contributed by atoms with Gasteiger partial charge in [0, 0.05) is 10.6 Å². The van der Waals surface area contributed by atoms with Crippen molar-refractivity contribution < 1.29 is 9.53 Å². The molecule has 0 heterocycles. The zero-order valence-corrected chi connectivity index (χ0v) is 9.54. The van der Waals surface area contributed by atoms with Crippen LogP contribution in [0.1, 0.15) is 25.5 Å². The number of carbonyl (C=O) groups excluding carboxylic acids is 1. The minimum atomic E-state index is -0.377. The summed E-state index contributed by atoms with van der Waals surface area (Å²) in [6.45, 7) is 6.95. The van der Waals surface area contributed by atoms with Crippen LogP contribution in [0.4, 0.5) is 0 Å². The second kappa shape index (κ2) is 4.99. The van der Waals surface area contributed by atoms with Gasteiger partial charge in [0.15, 0.2) is 0 Å². The quantitative estimate of drug-likeness (QED) is 0.580. The van der Waals surface area contributed by atoms with E-state index in [0.29, 0.717) is 10.6 Å². The second-order valence-electron chi connectivity index (χ2n) is 3.38. The first-order valence-corrected chi connectivity index (χ1v) is 5.00. The van der Waals surface area contributed by atoms with Crippen molar-refractivity contribution >= 4 is 17.6 Å². The highest BCUT2D eigenvalue weighted by molar-refractivity contribution is 6.30. The lowest BCUT2D eigenvalue weighted by atomic mass is 10.1. The van der Waals surface area contributed by atoms with Gasteiger partial charge < -0.3 is 4.74 Å². The molecule has 3 heteroatoms. The summed E-state index contributed by atoms with van der Waals surface area (Å²) in [6, 6.07) is 7.20. The highest BCUT2D eigenvalue weighted by atomic mass is 35.5. The second-order valence-corrected chi connectivity index (χ2v) is 3.82. The SMILES string of the molecule is C=C(C)C(=O)O[C@@H](C)c1ccc(Cl)cc1. The molecular formula is C12H13ClO2. The van der Waals surface area contributed by atoms with Crippen molar-refractivity contribution in [2.24, 2.45) is 0 Å². The lowest BCUT2D eigenvalue weighted by Gasteiger charge is -2.13. The first-order chi connectivity index (χ1) is 7.00. The molecule has 1 aromatic rings. The largest absolute Gasteiger partial charge is 0.454 e. The molecule has 15 heavy (non-hydrogen) atoms. The Kier molecular flexibility index (Phi) is 3.92. The van der Waals surface area contributed by atoms with Crippen molar-refractivity contribution in [3.8, 4) is 0 Å². The van der Waals surface area contributed by atoms with Crippen molar-refractivity contribution in [1.29, 1.82) is 0 Å². The lowest BCUT2D eigenvalue weighted by molar-refractivity contribution is -0.143. The predicted molar refractivity (Wildman–Crippen MR) is 60.8 cm³/mol. The van der Waals surface area contributed by atoms with E-state index in [-0.39, 0.29) is 12.1 Å². The molecule has 1 aromatic carbocycles. The molecule has 0 aliphatic carbocycles. The Labute approximate surface area is 94.5 Å².